The molecule has 4 aliphatic rings. The van der Waals surface area contributed by atoms with E-state index in [9.17, 15) is 8.42 Å². The van der Waals surface area contributed by atoms with Gasteiger partial charge in [0.25, 0.3) is 0 Å². The first kappa shape index (κ1) is 20.9. The fraction of sp³-hybridized carbons (Fsp3) is 0.542. The van der Waals surface area contributed by atoms with Gasteiger partial charge in [0.2, 0.25) is 0 Å². The molecule has 8 nitrogen and oxygen atoms in total. The lowest BCUT2D eigenvalue weighted by atomic mass is 9.97. The smallest absolute Gasteiger partial charge is 0.160 e. The number of benzene rings is 1. The number of aryl methyl sites for hydroxylation is 1. The van der Waals surface area contributed by atoms with Crippen LogP contribution >= 0.6 is 0 Å². The molecule has 0 N–H and O–H groups in total. The standard InChI is InChI=1S/C24H27N5O3S/c1-28-21-14-29(15-24(9-10-24)33(30,31)18-6-7-18)11-8-19(21)23(26-28)20-12-22(32-27-20)17-4-2-16(13-25)3-5-17/h2-5,18,22H,6-12,14-15H2,1H3/t22-/m0/s1. The van der Waals surface area contributed by atoms with E-state index in [1.165, 1.54) is 5.56 Å². The maximum absolute atomic E-state index is 12.9. The molecule has 2 aliphatic carbocycles. The second kappa shape index (κ2) is 7.40. The lowest BCUT2D eigenvalue weighted by Crippen LogP contribution is -2.42. The third-order valence-electron chi connectivity index (χ3n) is 7.57. The van der Waals surface area contributed by atoms with E-state index in [2.05, 4.69) is 16.1 Å². The van der Waals surface area contributed by atoms with Crippen LogP contribution < -0.4 is 0 Å². The molecule has 2 aromatic rings. The molecule has 2 saturated carbocycles. The summed E-state index contributed by atoms with van der Waals surface area (Å²) in [5.41, 5.74) is 5.71. The molecule has 0 unspecified atom stereocenters. The molecular weight excluding hydrogens is 438 g/mol. The zero-order chi connectivity index (χ0) is 22.8. The van der Waals surface area contributed by atoms with Gasteiger partial charge in [-0.2, -0.15) is 10.4 Å². The average molecular weight is 466 g/mol. The van der Waals surface area contributed by atoms with Crippen molar-refractivity contribution in [2.45, 2.75) is 61.2 Å². The van der Waals surface area contributed by atoms with E-state index in [0.29, 0.717) is 25.1 Å². The Morgan fingerprint density at radius 3 is 2.67 bits per heavy atom. The molecule has 0 bridgehead atoms. The van der Waals surface area contributed by atoms with Gasteiger partial charge in [-0.15, -0.1) is 0 Å². The minimum Gasteiger partial charge on any atom is -0.387 e. The molecule has 9 heteroatoms. The Morgan fingerprint density at radius 2 is 2.00 bits per heavy atom. The Labute approximate surface area is 193 Å². The van der Waals surface area contributed by atoms with E-state index in [1.54, 1.807) is 12.1 Å². The zero-order valence-corrected chi connectivity index (χ0v) is 19.5. The highest BCUT2D eigenvalue weighted by atomic mass is 32.2. The van der Waals surface area contributed by atoms with Gasteiger partial charge in [0, 0.05) is 38.7 Å². The van der Waals surface area contributed by atoms with Gasteiger partial charge in [0.15, 0.2) is 15.9 Å². The van der Waals surface area contributed by atoms with Crippen LogP contribution in [0.3, 0.4) is 0 Å². The molecule has 1 aromatic heterocycles. The largest absolute Gasteiger partial charge is 0.387 e. The molecule has 0 amide bonds. The molecule has 172 valence electrons. The number of hydrogen-bond acceptors (Lipinski definition) is 7. The van der Waals surface area contributed by atoms with Crippen molar-refractivity contribution in [2.24, 2.45) is 12.2 Å². The van der Waals surface area contributed by atoms with Gasteiger partial charge in [-0.05, 0) is 49.8 Å². The number of oxime groups is 1. The third-order valence-corrected chi connectivity index (χ3v) is 10.7. The summed E-state index contributed by atoms with van der Waals surface area (Å²) >= 11 is 0. The van der Waals surface area contributed by atoms with Gasteiger partial charge in [-0.3, -0.25) is 9.58 Å². The van der Waals surface area contributed by atoms with Crippen LogP contribution in [0.1, 0.15) is 66.3 Å². The molecule has 1 atom stereocenters. The Bertz CT molecular complexity index is 1280. The number of nitrogens with zero attached hydrogens (tertiary/aromatic N) is 5. The van der Waals surface area contributed by atoms with Gasteiger partial charge in [0.1, 0.15) is 11.4 Å². The molecule has 0 spiro atoms. The summed E-state index contributed by atoms with van der Waals surface area (Å²) in [7, 11) is -1.05. The summed E-state index contributed by atoms with van der Waals surface area (Å²) < 4.78 is 27.3. The van der Waals surface area contributed by atoms with Crippen molar-refractivity contribution < 1.29 is 13.3 Å². The van der Waals surface area contributed by atoms with E-state index in [4.69, 9.17) is 15.2 Å². The van der Waals surface area contributed by atoms with Gasteiger partial charge >= 0.3 is 0 Å². The highest BCUT2D eigenvalue weighted by molar-refractivity contribution is 7.94. The normalized spacial score (nSPS) is 24.0. The summed E-state index contributed by atoms with van der Waals surface area (Å²) in [6.45, 7) is 2.19. The number of rotatable bonds is 6. The van der Waals surface area contributed by atoms with Crippen molar-refractivity contribution in [3.63, 3.8) is 0 Å². The first-order valence-corrected chi connectivity index (χ1v) is 13.2. The second-order valence-corrected chi connectivity index (χ2v) is 12.5. The van der Waals surface area contributed by atoms with Crippen LogP contribution in [0.4, 0.5) is 0 Å². The van der Waals surface area contributed by atoms with Crippen LogP contribution in [0.25, 0.3) is 0 Å². The molecule has 1 aromatic carbocycles. The third kappa shape index (κ3) is 3.47. The van der Waals surface area contributed by atoms with Crippen molar-refractivity contribution in [2.75, 3.05) is 13.1 Å². The van der Waals surface area contributed by atoms with E-state index >= 15 is 0 Å². The number of aromatic nitrogens is 2. The SMILES string of the molecule is Cn1nc(C2=NO[C@H](c3ccc(C#N)cc3)C2)c2c1CN(CC1(S(=O)(=O)C3CC3)CC1)CC2. The molecule has 3 heterocycles. The predicted molar refractivity (Wildman–Crippen MR) is 122 cm³/mol. The topological polar surface area (TPSA) is 101 Å². The molecular formula is C24H27N5O3S. The van der Waals surface area contributed by atoms with Crippen molar-refractivity contribution in [1.82, 2.24) is 14.7 Å². The van der Waals surface area contributed by atoms with Crippen LogP contribution in [0.5, 0.6) is 0 Å². The Morgan fingerprint density at radius 1 is 1.24 bits per heavy atom. The summed E-state index contributed by atoms with van der Waals surface area (Å²) in [5, 5.41) is 18.1. The zero-order valence-electron chi connectivity index (χ0n) is 18.7. The maximum Gasteiger partial charge on any atom is 0.160 e. The summed E-state index contributed by atoms with van der Waals surface area (Å²) in [4.78, 5) is 8.02. The van der Waals surface area contributed by atoms with Gasteiger partial charge < -0.3 is 4.84 Å². The van der Waals surface area contributed by atoms with Gasteiger partial charge in [-0.25, -0.2) is 8.42 Å². The Hall–Kier alpha value is -2.70. The summed E-state index contributed by atoms with van der Waals surface area (Å²) in [6.07, 6.45) is 4.58. The highest BCUT2D eigenvalue weighted by Gasteiger charge is 2.59. The monoisotopic (exact) mass is 465 g/mol. The fourth-order valence-corrected chi connectivity index (χ4v) is 7.77. The molecule has 2 fully saturated rings. The van der Waals surface area contributed by atoms with Crippen molar-refractivity contribution >= 4 is 15.5 Å². The van der Waals surface area contributed by atoms with Crippen LogP contribution in [-0.4, -0.2) is 51.9 Å². The molecule has 0 radical (unpaired) electrons. The molecule has 0 saturated heterocycles. The minimum atomic E-state index is -3.00. The first-order chi connectivity index (χ1) is 15.9. The van der Waals surface area contributed by atoms with Crippen molar-refractivity contribution in [1.29, 1.82) is 5.26 Å². The first-order valence-electron chi connectivity index (χ1n) is 11.6. The summed E-state index contributed by atoms with van der Waals surface area (Å²) in [5.74, 6) is 0. The molecule has 6 rings (SSSR count). The van der Waals surface area contributed by atoms with Crippen LogP contribution in [0.15, 0.2) is 29.4 Å². The number of nitriles is 1. The average Bonchev–Trinajstić information content (AvgIpc) is 3.74. The maximum atomic E-state index is 12.9. The van der Waals surface area contributed by atoms with E-state index < -0.39 is 14.6 Å². The minimum absolute atomic E-state index is 0.0897. The van der Waals surface area contributed by atoms with Crippen molar-refractivity contribution in [3.05, 3.63) is 52.3 Å². The lowest BCUT2D eigenvalue weighted by Gasteiger charge is -2.31. The number of sulfone groups is 1. The fourth-order valence-electron chi connectivity index (χ4n) is 5.27. The van der Waals surface area contributed by atoms with Crippen LogP contribution in [0, 0.1) is 11.3 Å². The highest BCUT2D eigenvalue weighted by Crippen LogP contribution is 2.51. The number of fused-ring (bicyclic) bond motifs is 1. The van der Waals surface area contributed by atoms with E-state index in [-0.39, 0.29) is 11.4 Å². The summed E-state index contributed by atoms with van der Waals surface area (Å²) in [6, 6.07) is 9.55. The van der Waals surface area contributed by atoms with E-state index in [1.807, 2.05) is 23.9 Å². The quantitative estimate of drug-likeness (QED) is 0.650. The van der Waals surface area contributed by atoms with Gasteiger partial charge in [-0.1, -0.05) is 17.3 Å². The van der Waals surface area contributed by atoms with Crippen LogP contribution in [0.2, 0.25) is 0 Å². The number of hydrogen-bond donors (Lipinski definition) is 0. The van der Waals surface area contributed by atoms with Gasteiger partial charge in [0.05, 0.1) is 27.3 Å². The molecule has 33 heavy (non-hydrogen) atoms. The lowest BCUT2D eigenvalue weighted by molar-refractivity contribution is 0.0857. The second-order valence-electron chi connectivity index (χ2n) is 9.86. The predicted octanol–water partition coefficient (Wildman–Crippen LogP) is 2.63. The molecule has 2 aliphatic heterocycles. The van der Waals surface area contributed by atoms with E-state index in [0.717, 1.165) is 61.3 Å². The Balaban J connectivity index is 1.17. The Kier molecular flexibility index (Phi) is 4.68. The van der Waals surface area contributed by atoms with Crippen molar-refractivity contribution in [3.8, 4) is 6.07 Å². The van der Waals surface area contributed by atoms with Crippen LogP contribution in [-0.2, 0) is 34.7 Å².